The highest BCUT2D eigenvalue weighted by molar-refractivity contribution is 5.82. The topological polar surface area (TPSA) is 83.1 Å². The summed E-state index contributed by atoms with van der Waals surface area (Å²) >= 11 is 0. The number of aryl methyl sites for hydroxylation is 1. The number of nitrogens with one attached hydrogen (secondary N) is 2. The molecule has 1 aromatic carbocycles. The summed E-state index contributed by atoms with van der Waals surface area (Å²) in [4.78, 5) is 25.0. The van der Waals surface area contributed by atoms with Crippen LogP contribution >= 0.6 is 0 Å². The number of aromatic amines is 1. The SMILES string of the molecule is Cc1ccnc(N(C)C2=CCC(Oc3nc4ccccc4[nH]3)C=C2)c1NC=O. The number of hydrogen-bond donors (Lipinski definition) is 2. The van der Waals surface area contributed by atoms with Crippen LogP contribution in [0.15, 0.2) is 60.5 Å². The lowest BCUT2D eigenvalue weighted by atomic mass is 10.1. The number of para-hydroxylation sites is 2. The number of nitrogens with zero attached hydrogens (tertiary/aromatic N) is 3. The van der Waals surface area contributed by atoms with E-state index in [4.69, 9.17) is 4.74 Å². The number of fused-ring (bicyclic) bond motifs is 1. The highest BCUT2D eigenvalue weighted by Crippen LogP contribution is 2.29. The van der Waals surface area contributed by atoms with E-state index in [1.807, 2.05) is 61.4 Å². The van der Waals surface area contributed by atoms with Crippen LogP contribution in [0.1, 0.15) is 12.0 Å². The summed E-state index contributed by atoms with van der Waals surface area (Å²) in [6.45, 7) is 1.94. The van der Waals surface area contributed by atoms with Crippen LogP contribution in [-0.4, -0.2) is 34.5 Å². The van der Waals surface area contributed by atoms with Crippen molar-refractivity contribution in [3.8, 4) is 6.01 Å². The van der Waals surface area contributed by atoms with Gasteiger partial charge in [-0.2, -0.15) is 4.98 Å². The molecule has 1 aliphatic rings. The van der Waals surface area contributed by atoms with E-state index in [0.29, 0.717) is 30.3 Å². The lowest BCUT2D eigenvalue weighted by Gasteiger charge is -2.25. The first-order valence-corrected chi connectivity index (χ1v) is 9.05. The Kier molecular flexibility index (Phi) is 4.80. The van der Waals surface area contributed by atoms with Crippen LogP contribution < -0.4 is 15.0 Å². The molecule has 0 radical (unpaired) electrons. The zero-order chi connectivity index (χ0) is 19.5. The van der Waals surface area contributed by atoms with E-state index in [-0.39, 0.29) is 6.10 Å². The van der Waals surface area contributed by atoms with E-state index in [9.17, 15) is 4.79 Å². The quantitative estimate of drug-likeness (QED) is 0.644. The van der Waals surface area contributed by atoms with E-state index in [1.165, 1.54) is 0 Å². The van der Waals surface area contributed by atoms with Crippen molar-refractivity contribution in [2.75, 3.05) is 17.3 Å². The molecule has 2 aromatic heterocycles. The first kappa shape index (κ1) is 17.8. The third-order valence-electron chi connectivity index (χ3n) is 4.72. The van der Waals surface area contributed by atoms with Crippen LogP contribution in [0.3, 0.4) is 0 Å². The molecule has 0 fully saturated rings. The first-order valence-electron chi connectivity index (χ1n) is 9.05. The van der Waals surface area contributed by atoms with Gasteiger partial charge < -0.3 is 19.9 Å². The molecule has 1 atom stereocenters. The van der Waals surface area contributed by atoms with Crippen LogP contribution in [-0.2, 0) is 4.79 Å². The number of carbonyl (C=O) groups is 1. The van der Waals surface area contributed by atoms with Crippen molar-refractivity contribution in [2.45, 2.75) is 19.4 Å². The number of carbonyl (C=O) groups excluding carboxylic acids is 1. The van der Waals surface area contributed by atoms with E-state index < -0.39 is 0 Å². The number of likely N-dealkylation sites (N-methyl/N-ethyl adjacent to an activating group) is 1. The standard InChI is InChI=1S/C21H21N5O2/c1-14-11-12-22-20(19(14)23-13-27)26(2)15-7-9-16(10-8-15)28-21-24-17-5-3-4-6-18(17)25-21/h3-9,11-13,16H,10H2,1-2H3,(H,23,27)(H,24,25). The van der Waals surface area contributed by atoms with Crippen LogP contribution in [0, 0.1) is 6.92 Å². The first-order chi connectivity index (χ1) is 13.7. The monoisotopic (exact) mass is 375 g/mol. The summed E-state index contributed by atoms with van der Waals surface area (Å²) in [5.41, 5.74) is 4.48. The molecular weight excluding hydrogens is 354 g/mol. The zero-order valence-electron chi connectivity index (χ0n) is 15.7. The fourth-order valence-corrected chi connectivity index (χ4v) is 3.21. The van der Waals surface area contributed by atoms with Gasteiger partial charge in [0.25, 0.3) is 6.01 Å². The van der Waals surface area contributed by atoms with Gasteiger partial charge in [0.1, 0.15) is 6.10 Å². The third kappa shape index (κ3) is 3.46. The maximum Gasteiger partial charge on any atom is 0.295 e. The second-order valence-corrected chi connectivity index (χ2v) is 6.59. The second-order valence-electron chi connectivity index (χ2n) is 6.59. The predicted octanol–water partition coefficient (Wildman–Crippen LogP) is 3.56. The maximum absolute atomic E-state index is 10.9. The molecule has 28 heavy (non-hydrogen) atoms. The number of allylic oxidation sites excluding steroid dienone is 1. The molecule has 142 valence electrons. The second kappa shape index (κ2) is 7.56. The van der Waals surface area contributed by atoms with Gasteiger partial charge in [-0.15, -0.1) is 0 Å². The van der Waals surface area contributed by atoms with Gasteiger partial charge >= 0.3 is 0 Å². The van der Waals surface area contributed by atoms with Gasteiger partial charge in [0, 0.05) is 25.4 Å². The van der Waals surface area contributed by atoms with Gasteiger partial charge in [0.05, 0.1) is 16.7 Å². The summed E-state index contributed by atoms with van der Waals surface area (Å²) in [6, 6.07) is 10.2. The van der Waals surface area contributed by atoms with E-state index in [1.54, 1.807) is 6.20 Å². The molecule has 0 bridgehead atoms. The van der Waals surface area contributed by atoms with Crippen molar-refractivity contribution in [2.24, 2.45) is 0 Å². The number of imidazole rings is 1. The molecule has 1 amide bonds. The minimum atomic E-state index is -0.101. The van der Waals surface area contributed by atoms with Crippen molar-refractivity contribution >= 4 is 28.9 Å². The van der Waals surface area contributed by atoms with E-state index in [2.05, 4.69) is 26.3 Å². The molecule has 7 nitrogen and oxygen atoms in total. The maximum atomic E-state index is 10.9. The fraction of sp³-hybridized carbons (Fsp3) is 0.190. The highest BCUT2D eigenvalue weighted by Gasteiger charge is 2.18. The Bertz CT molecular complexity index is 1040. The van der Waals surface area contributed by atoms with Crippen LogP contribution in [0.25, 0.3) is 11.0 Å². The Labute approximate surface area is 162 Å². The Balaban J connectivity index is 1.47. The van der Waals surface area contributed by atoms with Crippen molar-refractivity contribution in [1.82, 2.24) is 15.0 Å². The van der Waals surface area contributed by atoms with Crippen molar-refractivity contribution < 1.29 is 9.53 Å². The molecular formula is C21H21N5O2. The van der Waals surface area contributed by atoms with Gasteiger partial charge in [-0.3, -0.25) is 4.79 Å². The van der Waals surface area contributed by atoms with Crippen LogP contribution in [0.4, 0.5) is 11.5 Å². The molecule has 0 aliphatic heterocycles. The minimum Gasteiger partial charge on any atom is -0.457 e. The average molecular weight is 375 g/mol. The van der Waals surface area contributed by atoms with Crippen molar-refractivity contribution in [3.05, 3.63) is 66.0 Å². The van der Waals surface area contributed by atoms with Gasteiger partial charge in [0.2, 0.25) is 6.41 Å². The molecule has 1 aliphatic carbocycles. The number of H-pyrrole nitrogens is 1. The Morgan fingerprint density at radius 1 is 1.32 bits per heavy atom. The predicted molar refractivity (Wildman–Crippen MR) is 109 cm³/mol. The zero-order valence-corrected chi connectivity index (χ0v) is 15.7. The number of hydrogen-bond acceptors (Lipinski definition) is 5. The third-order valence-corrected chi connectivity index (χ3v) is 4.72. The lowest BCUT2D eigenvalue weighted by molar-refractivity contribution is -0.105. The summed E-state index contributed by atoms with van der Waals surface area (Å²) in [5, 5.41) is 2.75. The molecule has 4 rings (SSSR count). The lowest BCUT2D eigenvalue weighted by Crippen LogP contribution is -2.23. The number of ether oxygens (including phenoxy) is 1. The van der Waals surface area contributed by atoms with E-state index >= 15 is 0 Å². The number of pyridine rings is 1. The number of rotatable bonds is 6. The van der Waals surface area contributed by atoms with E-state index in [0.717, 1.165) is 22.3 Å². The highest BCUT2D eigenvalue weighted by atomic mass is 16.5. The Hall–Kier alpha value is -3.61. The number of aromatic nitrogens is 3. The molecule has 2 heterocycles. The molecule has 0 saturated heterocycles. The smallest absolute Gasteiger partial charge is 0.295 e. The Morgan fingerprint density at radius 2 is 2.18 bits per heavy atom. The van der Waals surface area contributed by atoms with Gasteiger partial charge in [-0.05, 0) is 42.8 Å². The van der Waals surface area contributed by atoms with Crippen molar-refractivity contribution in [1.29, 1.82) is 0 Å². The molecule has 7 heteroatoms. The summed E-state index contributed by atoms with van der Waals surface area (Å²) in [5.74, 6) is 0.694. The molecule has 1 unspecified atom stereocenters. The molecule has 0 saturated carbocycles. The fourth-order valence-electron chi connectivity index (χ4n) is 3.21. The minimum absolute atomic E-state index is 0.101. The average Bonchev–Trinajstić information content (AvgIpc) is 3.12. The summed E-state index contributed by atoms with van der Waals surface area (Å²) in [6.07, 6.45) is 9.09. The summed E-state index contributed by atoms with van der Waals surface area (Å²) < 4.78 is 5.96. The largest absolute Gasteiger partial charge is 0.457 e. The number of benzene rings is 1. The van der Waals surface area contributed by atoms with Gasteiger partial charge in [-0.1, -0.05) is 18.2 Å². The number of amides is 1. The van der Waals surface area contributed by atoms with Crippen LogP contribution in [0.2, 0.25) is 0 Å². The molecule has 0 spiro atoms. The van der Waals surface area contributed by atoms with Gasteiger partial charge in [0.15, 0.2) is 5.82 Å². The van der Waals surface area contributed by atoms with Crippen LogP contribution in [0.5, 0.6) is 6.01 Å². The Morgan fingerprint density at radius 3 is 2.93 bits per heavy atom. The normalized spacial score (nSPS) is 15.9. The summed E-state index contributed by atoms with van der Waals surface area (Å²) in [7, 11) is 1.92. The van der Waals surface area contributed by atoms with Crippen molar-refractivity contribution in [3.63, 3.8) is 0 Å². The van der Waals surface area contributed by atoms with Gasteiger partial charge in [-0.25, -0.2) is 4.98 Å². The molecule has 2 N–H and O–H groups in total. The number of anilines is 2. The molecule has 3 aromatic rings.